The van der Waals surface area contributed by atoms with Crippen LogP contribution in [0.4, 0.5) is 24.0 Å². The van der Waals surface area contributed by atoms with Crippen LogP contribution < -0.4 is 25.4 Å². The summed E-state index contributed by atoms with van der Waals surface area (Å²) in [4.78, 5) is 52.8. The Labute approximate surface area is 374 Å². The first-order valence-electron chi connectivity index (χ1n) is 21.6. The number of nitrogens with zero attached hydrogens (tertiary/aromatic N) is 3. The third-order valence-corrected chi connectivity index (χ3v) is 15.5. The Morgan fingerprint density at radius 1 is 1.02 bits per heavy atom. The van der Waals surface area contributed by atoms with E-state index in [9.17, 15) is 32.2 Å². The number of allylic oxidation sites excluding steroid dienone is 1. The van der Waals surface area contributed by atoms with Crippen molar-refractivity contribution in [1.29, 1.82) is 0 Å². The number of aromatic nitrogens is 2. The molecule has 1 saturated carbocycles. The topological polar surface area (TPSA) is 155 Å². The van der Waals surface area contributed by atoms with Crippen molar-refractivity contribution in [3.63, 3.8) is 0 Å². The molecule has 1 saturated heterocycles. The Balaban J connectivity index is 1.16. The minimum Gasteiger partial charge on any atom is -0.497 e. The maximum Gasteiger partial charge on any atom is 0.416 e. The molecular formula is C47H52F3N6O6PS. The number of pyridine rings is 1. The zero-order valence-electron chi connectivity index (χ0n) is 35.8. The lowest BCUT2D eigenvalue weighted by molar-refractivity contribution is -0.139. The van der Waals surface area contributed by atoms with Crippen LogP contribution in [0.3, 0.4) is 0 Å². The van der Waals surface area contributed by atoms with Crippen molar-refractivity contribution in [2.45, 2.75) is 101 Å². The van der Waals surface area contributed by atoms with E-state index in [1.165, 1.54) is 28.4 Å². The van der Waals surface area contributed by atoms with E-state index in [-0.39, 0.29) is 43.7 Å². The van der Waals surface area contributed by atoms with Gasteiger partial charge in [-0.1, -0.05) is 61.4 Å². The molecule has 8 rings (SSSR count). The van der Waals surface area contributed by atoms with Gasteiger partial charge in [-0.2, -0.15) is 13.2 Å². The van der Waals surface area contributed by atoms with Crippen LogP contribution >= 0.6 is 18.7 Å². The highest BCUT2D eigenvalue weighted by atomic mass is 32.1. The second-order valence-corrected chi connectivity index (χ2v) is 20.5. The van der Waals surface area contributed by atoms with E-state index in [0.29, 0.717) is 52.2 Å². The highest BCUT2D eigenvalue weighted by molar-refractivity contribution is 7.59. The number of methoxy groups -OCH3 is 1. The summed E-state index contributed by atoms with van der Waals surface area (Å²) in [5.74, 6) is -0.503. The Hall–Kier alpha value is -5.44. The number of hydrogen-bond donors (Lipinski definition) is 4. The first-order valence-corrected chi connectivity index (χ1v) is 24.3. The largest absolute Gasteiger partial charge is 0.497 e. The molecule has 0 radical (unpaired) electrons. The molecule has 1 aliphatic carbocycles. The van der Waals surface area contributed by atoms with Gasteiger partial charge in [0.25, 0.3) is 0 Å². The van der Waals surface area contributed by atoms with Gasteiger partial charge in [-0.05, 0) is 75.4 Å². The van der Waals surface area contributed by atoms with Gasteiger partial charge in [-0.15, -0.1) is 11.3 Å². The molecule has 17 heteroatoms. The number of carbonyl (C=O) groups is 2. The highest BCUT2D eigenvalue weighted by Gasteiger charge is 2.66. The van der Waals surface area contributed by atoms with Crippen molar-refractivity contribution in [1.82, 2.24) is 20.2 Å². The van der Waals surface area contributed by atoms with Crippen LogP contribution in [0.2, 0.25) is 0 Å². The van der Waals surface area contributed by atoms with Crippen molar-refractivity contribution in [2.24, 2.45) is 5.92 Å². The summed E-state index contributed by atoms with van der Waals surface area (Å²) >= 11 is 1.44. The number of thiazole rings is 1. The van der Waals surface area contributed by atoms with Crippen LogP contribution in [0.1, 0.15) is 69.9 Å². The summed E-state index contributed by atoms with van der Waals surface area (Å²) in [7, 11) is -2.56. The molecule has 12 nitrogen and oxygen atoms in total. The van der Waals surface area contributed by atoms with E-state index in [4.69, 9.17) is 19.4 Å². The van der Waals surface area contributed by atoms with Crippen LogP contribution in [-0.2, 0) is 26.5 Å². The minimum atomic E-state index is -4.60. The number of halogens is 3. The normalized spacial score (nSPS) is 24.4. The number of anilines is 2. The van der Waals surface area contributed by atoms with Gasteiger partial charge in [-0.25, -0.2) is 9.97 Å². The van der Waals surface area contributed by atoms with E-state index >= 15 is 0 Å². The number of carbonyl (C=O) groups excluding carboxylic acids is 2. The predicted molar refractivity (Wildman–Crippen MR) is 243 cm³/mol. The van der Waals surface area contributed by atoms with Crippen LogP contribution in [0.25, 0.3) is 22.3 Å². The molecule has 2 aliphatic heterocycles. The fourth-order valence-electron chi connectivity index (χ4n) is 8.69. The molecule has 338 valence electrons. The lowest BCUT2D eigenvalue weighted by Gasteiger charge is -2.31. The number of ether oxygens (including phenoxy) is 2. The van der Waals surface area contributed by atoms with Crippen molar-refractivity contribution >= 4 is 52.2 Å². The standard InChI is InChI=1S/C47H52F3N6O6PS/c1-29(2)51-45-54-40(28-64-45)39-24-42(36-20-19-34(61-3)22-38(36)53-39)62-35-23-41-43(57)55-46(63(59,60)27-30-13-8-7-9-14-30)25-32(46)15-10-5-4-6-11-18-37(44(58)56(41)26-35)52-33-17-12-16-31(21-33)47(48,49)50/h7-10,12-17,19-22,24,28-29,32,35,37,41,52H,4-6,11,18,23,25-27H2,1-3H3,(H,51,54)(H,55,57)(H,59,60)/b15-10-/t32-,35-,37+,41+,46+/m1/s1. The maximum absolute atomic E-state index is 15.0. The average molecular weight is 917 g/mol. The number of amides is 2. The molecule has 4 heterocycles. The minimum absolute atomic E-state index is 0.0211. The van der Waals surface area contributed by atoms with Crippen LogP contribution in [-0.4, -0.2) is 74.7 Å². The van der Waals surface area contributed by atoms with Crippen molar-refractivity contribution in [2.75, 3.05) is 24.3 Å². The molecule has 0 bridgehead atoms. The fraction of sp³-hybridized carbons (Fsp3) is 0.404. The van der Waals surface area contributed by atoms with Crippen LogP contribution in [0.15, 0.2) is 96.4 Å². The lowest BCUT2D eigenvalue weighted by atomic mass is 10.0. The zero-order chi connectivity index (χ0) is 45.2. The van der Waals surface area contributed by atoms with Gasteiger partial charge < -0.3 is 35.2 Å². The van der Waals surface area contributed by atoms with Gasteiger partial charge in [0, 0.05) is 47.0 Å². The predicted octanol–water partition coefficient (Wildman–Crippen LogP) is 9.86. The third kappa shape index (κ3) is 9.94. The second kappa shape index (κ2) is 18.6. The van der Waals surface area contributed by atoms with Crippen LogP contribution in [0.5, 0.6) is 11.5 Å². The first kappa shape index (κ1) is 45.1. The molecular weight excluding hydrogens is 865 g/mol. The molecule has 3 aliphatic rings. The van der Waals surface area contributed by atoms with Gasteiger partial charge in [0.2, 0.25) is 19.2 Å². The number of benzene rings is 3. The van der Waals surface area contributed by atoms with Gasteiger partial charge in [0.1, 0.15) is 40.7 Å². The fourth-order valence-corrected chi connectivity index (χ4v) is 11.9. The van der Waals surface area contributed by atoms with E-state index in [1.54, 1.807) is 49.6 Å². The lowest BCUT2D eigenvalue weighted by Crippen LogP contribution is -2.53. The Morgan fingerprint density at radius 3 is 2.59 bits per heavy atom. The van der Waals surface area contributed by atoms with E-state index in [0.717, 1.165) is 30.1 Å². The van der Waals surface area contributed by atoms with Gasteiger partial charge in [0.15, 0.2) is 5.13 Å². The first-order chi connectivity index (χ1) is 30.6. The Bertz CT molecular complexity index is 2570. The average Bonchev–Trinajstić information content (AvgIpc) is 3.53. The monoisotopic (exact) mass is 916 g/mol. The number of alkyl halides is 3. The Morgan fingerprint density at radius 2 is 1.83 bits per heavy atom. The third-order valence-electron chi connectivity index (χ3n) is 12.0. The summed E-state index contributed by atoms with van der Waals surface area (Å²) < 4.78 is 68.3. The molecule has 2 fully saturated rings. The number of nitrogens with one attached hydrogen (secondary N) is 3. The number of hydrogen-bond acceptors (Lipinski definition) is 10. The van der Waals surface area contributed by atoms with E-state index < -0.39 is 60.3 Å². The van der Waals surface area contributed by atoms with E-state index in [1.807, 2.05) is 43.5 Å². The molecule has 0 spiro atoms. The number of fused-ring (bicyclic) bond motifs is 3. The molecule has 2 amide bonds. The van der Waals surface area contributed by atoms with Crippen molar-refractivity contribution in [3.05, 3.63) is 108 Å². The zero-order valence-corrected chi connectivity index (χ0v) is 37.5. The number of rotatable bonds is 11. The van der Waals surface area contributed by atoms with Gasteiger partial charge in [0.05, 0.1) is 36.6 Å². The summed E-state index contributed by atoms with van der Waals surface area (Å²) in [6, 6.07) is 18.9. The quantitative estimate of drug-likeness (QED) is 0.0744. The highest BCUT2D eigenvalue weighted by Crippen LogP contribution is 2.71. The molecule has 3 aromatic carbocycles. The summed E-state index contributed by atoms with van der Waals surface area (Å²) in [6.07, 6.45) is 1.69. The van der Waals surface area contributed by atoms with Crippen LogP contribution in [0, 0.1) is 5.92 Å². The van der Waals surface area contributed by atoms with Gasteiger partial charge >= 0.3 is 6.18 Å². The summed E-state index contributed by atoms with van der Waals surface area (Å²) in [6.45, 7) is 3.99. The molecule has 4 N–H and O–H groups in total. The van der Waals surface area contributed by atoms with Crippen molar-refractivity contribution < 1.29 is 41.7 Å². The van der Waals surface area contributed by atoms with E-state index in [2.05, 4.69) is 16.0 Å². The summed E-state index contributed by atoms with van der Waals surface area (Å²) in [5.41, 5.74) is 1.62. The Kier molecular flexibility index (Phi) is 13.1. The molecule has 6 atom stereocenters. The van der Waals surface area contributed by atoms with Gasteiger partial charge in [-0.3, -0.25) is 14.2 Å². The molecule has 1 unspecified atom stereocenters. The maximum atomic E-state index is 15.0. The second-order valence-electron chi connectivity index (χ2n) is 17.1. The molecule has 5 aromatic rings. The molecule has 2 aromatic heterocycles. The summed E-state index contributed by atoms with van der Waals surface area (Å²) in [5, 5.41) is 11.2. The van der Waals surface area contributed by atoms with Crippen molar-refractivity contribution in [3.8, 4) is 22.9 Å². The SMILES string of the molecule is COc1ccc2c(O[C@@H]3C[C@H]4C(=O)N[C@]5(P(=O)(O)Cc6ccccc6)C[C@H]5/C=C\CCCCC[C@H](Nc5cccc(C(F)(F)F)c5)C(=O)N4C3)cc(-c3csc(NC(C)C)n3)nc2c1. The smallest absolute Gasteiger partial charge is 0.416 e. The molecule has 64 heavy (non-hydrogen) atoms.